The minimum absolute atomic E-state index is 0.316. The topological polar surface area (TPSA) is 30.8 Å². The molecule has 74 valence electrons. The van der Waals surface area contributed by atoms with Gasteiger partial charge in [-0.3, -0.25) is 4.99 Å². The first-order valence-corrected chi connectivity index (χ1v) is 5.48. The van der Waals surface area contributed by atoms with Gasteiger partial charge in [-0.05, 0) is 24.5 Å². The van der Waals surface area contributed by atoms with Crippen molar-refractivity contribution >= 4 is 16.8 Å². The molecule has 14 heavy (non-hydrogen) atoms. The standard InChI is InChI=1S/C10H11NO2S/c1-11-10(14-2)7-3-4-8-9(5-7)13-6-12-8/h3-5H,6H2,1-2H3. The second-order valence-electron chi connectivity index (χ2n) is 2.80. The zero-order chi connectivity index (χ0) is 9.97. The zero-order valence-electron chi connectivity index (χ0n) is 8.11. The van der Waals surface area contributed by atoms with Gasteiger partial charge in [0.1, 0.15) is 0 Å². The van der Waals surface area contributed by atoms with Gasteiger partial charge in [-0.1, -0.05) is 0 Å². The van der Waals surface area contributed by atoms with Crippen LogP contribution in [-0.4, -0.2) is 25.1 Å². The van der Waals surface area contributed by atoms with Gasteiger partial charge in [-0.2, -0.15) is 0 Å². The number of fused-ring (bicyclic) bond motifs is 1. The Morgan fingerprint density at radius 2 is 2.14 bits per heavy atom. The molecule has 0 radical (unpaired) electrons. The molecule has 1 aliphatic rings. The molecule has 0 saturated carbocycles. The van der Waals surface area contributed by atoms with Gasteiger partial charge < -0.3 is 9.47 Å². The van der Waals surface area contributed by atoms with Gasteiger partial charge in [-0.25, -0.2) is 0 Å². The third kappa shape index (κ3) is 1.57. The molecule has 0 N–H and O–H groups in total. The van der Waals surface area contributed by atoms with Crippen LogP contribution in [0.15, 0.2) is 23.2 Å². The zero-order valence-corrected chi connectivity index (χ0v) is 8.93. The lowest BCUT2D eigenvalue weighted by atomic mass is 10.2. The number of ether oxygens (including phenoxy) is 2. The van der Waals surface area contributed by atoms with Crippen molar-refractivity contribution in [3.63, 3.8) is 0 Å². The van der Waals surface area contributed by atoms with Crippen LogP contribution in [0.5, 0.6) is 11.5 Å². The third-order valence-corrected chi connectivity index (χ3v) is 2.82. The van der Waals surface area contributed by atoms with Gasteiger partial charge in [0.2, 0.25) is 6.79 Å². The van der Waals surface area contributed by atoms with Crippen LogP contribution in [0.3, 0.4) is 0 Å². The maximum Gasteiger partial charge on any atom is 0.231 e. The number of benzene rings is 1. The fourth-order valence-corrected chi connectivity index (χ4v) is 1.91. The van der Waals surface area contributed by atoms with Crippen LogP contribution in [0.4, 0.5) is 0 Å². The first kappa shape index (κ1) is 9.40. The van der Waals surface area contributed by atoms with Crippen molar-refractivity contribution in [2.45, 2.75) is 0 Å². The molecule has 0 spiro atoms. The highest BCUT2D eigenvalue weighted by atomic mass is 32.2. The Hall–Kier alpha value is -1.16. The number of hydrogen-bond donors (Lipinski definition) is 0. The molecule has 1 aromatic carbocycles. The summed E-state index contributed by atoms with van der Waals surface area (Å²) in [7, 11) is 1.79. The summed E-state index contributed by atoms with van der Waals surface area (Å²) in [5.74, 6) is 1.61. The SMILES string of the molecule is CN=C(SC)c1ccc2c(c1)OCO2. The van der Waals surface area contributed by atoms with Crippen molar-refractivity contribution in [1.82, 2.24) is 0 Å². The molecule has 0 bridgehead atoms. The largest absolute Gasteiger partial charge is 0.454 e. The highest BCUT2D eigenvalue weighted by Crippen LogP contribution is 2.33. The van der Waals surface area contributed by atoms with Crippen LogP contribution < -0.4 is 9.47 Å². The Morgan fingerprint density at radius 3 is 2.86 bits per heavy atom. The summed E-state index contributed by atoms with van der Waals surface area (Å²) in [6.45, 7) is 0.316. The van der Waals surface area contributed by atoms with Crippen molar-refractivity contribution in [2.24, 2.45) is 4.99 Å². The molecule has 0 amide bonds. The van der Waals surface area contributed by atoms with Crippen LogP contribution in [0.2, 0.25) is 0 Å². The summed E-state index contributed by atoms with van der Waals surface area (Å²) in [5, 5.41) is 1.00. The van der Waals surface area contributed by atoms with Gasteiger partial charge >= 0.3 is 0 Å². The van der Waals surface area contributed by atoms with Crippen LogP contribution in [0.1, 0.15) is 5.56 Å². The normalized spacial score (nSPS) is 14.6. The summed E-state index contributed by atoms with van der Waals surface area (Å²) in [4.78, 5) is 4.19. The molecule has 0 unspecified atom stereocenters. The smallest absolute Gasteiger partial charge is 0.231 e. The lowest BCUT2D eigenvalue weighted by Crippen LogP contribution is -1.94. The third-order valence-electron chi connectivity index (χ3n) is 2.02. The van der Waals surface area contributed by atoms with Crippen molar-refractivity contribution in [3.8, 4) is 11.5 Å². The van der Waals surface area contributed by atoms with Crippen LogP contribution in [0.25, 0.3) is 0 Å². The van der Waals surface area contributed by atoms with Crippen molar-refractivity contribution < 1.29 is 9.47 Å². The summed E-state index contributed by atoms with van der Waals surface area (Å²) in [6, 6.07) is 5.87. The molecule has 3 nitrogen and oxygen atoms in total. The molecular weight excluding hydrogens is 198 g/mol. The number of aliphatic imine (C=N–C) groups is 1. The van der Waals surface area contributed by atoms with E-state index in [1.54, 1.807) is 18.8 Å². The molecule has 1 aliphatic heterocycles. The maximum absolute atomic E-state index is 5.29. The van der Waals surface area contributed by atoms with E-state index in [9.17, 15) is 0 Å². The Kier molecular flexibility index (Phi) is 2.63. The highest BCUT2D eigenvalue weighted by molar-refractivity contribution is 8.13. The van der Waals surface area contributed by atoms with E-state index in [2.05, 4.69) is 4.99 Å². The Balaban J connectivity index is 2.37. The summed E-state index contributed by atoms with van der Waals surface area (Å²) in [6.07, 6.45) is 2.01. The molecule has 1 heterocycles. The quantitative estimate of drug-likeness (QED) is 0.524. The van der Waals surface area contributed by atoms with E-state index in [-0.39, 0.29) is 0 Å². The van der Waals surface area contributed by atoms with E-state index in [0.29, 0.717) is 6.79 Å². The Labute approximate surface area is 87.1 Å². The first-order chi connectivity index (χ1) is 6.85. The minimum atomic E-state index is 0.316. The molecule has 0 aromatic heterocycles. The van der Waals surface area contributed by atoms with Crippen LogP contribution in [0, 0.1) is 0 Å². The van der Waals surface area contributed by atoms with Crippen LogP contribution >= 0.6 is 11.8 Å². The maximum atomic E-state index is 5.29. The minimum Gasteiger partial charge on any atom is -0.454 e. The van der Waals surface area contributed by atoms with Crippen molar-refractivity contribution in [3.05, 3.63) is 23.8 Å². The van der Waals surface area contributed by atoms with Gasteiger partial charge in [0.15, 0.2) is 11.5 Å². The Bertz CT molecular complexity index is 376. The van der Waals surface area contributed by atoms with Crippen LogP contribution in [-0.2, 0) is 0 Å². The van der Waals surface area contributed by atoms with E-state index < -0.39 is 0 Å². The van der Waals surface area contributed by atoms with Crippen molar-refractivity contribution in [1.29, 1.82) is 0 Å². The molecule has 0 fully saturated rings. The number of rotatable bonds is 1. The van der Waals surface area contributed by atoms with E-state index in [1.165, 1.54) is 0 Å². The molecule has 4 heteroatoms. The summed E-state index contributed by atoms with van der Waals surface area (Å²) >= 11 is 1.62. The van der Waals surface area contributed by atoms with Gasteiger partial charge in [0.05, 0.1) is 5.04 Å². The molecular formula is C10H11NO2S. The fourth-order valence-electron chi connectivity index (χ4n) is 1.37. The number of thioether (sulfide) groups is 1. The van der Waals surface area contributed by atoms with Crippen molar-refractivity contribution in [2.75, 3.05) is 20.1 Å². The number of nitrogens with zero attached hydrogens (tertiary/aromatic N) is 1. The average molecular weight is 209 g/mol. The average Bonchev–Trinajstić information content (AvgIpc) is 2.66. The molecule has 2 rings (SSSR count). The predicted molar refractivity (Wildman–Crippen MR) is 58.5 cm³/mol. The van der Waals surface area contributed by atoms with Gasteiger partial charge in [0, 0.05) is 12.6 Å². The lowest BCUT2D eigenvalue weighted by Gasteiger charge is -2.03. The first-order valence-electron chi connectivity index (χ1n) is 4.26. The van der Waals surface area contributed by atoms with E-state index in [4.69, 9.17) is 9.47 Å². The second-order valence-corrected chi connectivity index (χ2v) is 3.60. The summed E-state index contributed by atoms with van der Waals surface area (Å²) < 4.78 is 10.5. The van der Waals surface area contributed by atoms with Gasteiger partial charge in [-0.15, -0.1) is 11.8 Å². The Morgan fingerprint density at radius 1 is 1.36 bits per heavy atom. The second kappa shape index (κ2) is 3.92. The van der Waals surface area contributed by atoms with E-state index in [1.807, 2.05) is 24.5 Å². The monoisotopic (exact) mass is 209 g/mol. The summed E-state index contributed by atoms with van der Waals surface area (Å²) in [5.41, 5.74) is 1.07. The highest BCUT2D eigenvalue weighted by Gasteiger charge is 2.14. The molecule has 0 saturated heterocycles. The van der Waals surface area contributed by atoms with Gasteiger partial charge in [0.25, 0.3) is 0 Å². The number of hydrogen-bond acceptors (Lipinski definition) is 4. The molecule has 1 aromatic rings. The lowest BCUT2D eigenvalue weighted by molar-refractivity contribution is 0.174. The van der Waals surface area contributed by atoms with E-state index in [0.717, 1.165) is 22.1 Å². The van der Waals surface area contributed by atoms with E-state index >= 15 is 0 Å². The fraction of sp³-hybridized carbons (Fsp3) is 0.300. The molecule has 0 atom stereocenters. The molecule has 0 aliphatic carbocycles. The predicted octanol–water partition coefficient (Wildman–Crippen LogP) is 2.15.